The molecule has 0 unspecified atom stereocenters. The number of anilines is 1. The third-order valence-electron chi connectivity index (χ3n) is 6.08. The van der Waals surface area contributed by atoms with Gasteiger partial charge in [-0.1, -0.05) is 19.3 Å². The Bertz CT molecular complexity index is 916. The summed E-state index contributed by atoms with van der Waals surface area (Å²) in [4.78, 5) is 39.1. The second kappa shape index (κ2) is 11.5. The van der Waals surface area contributed by atoms with Crippen molar-refractivity contribution >= 4 is 23.3 Å². The number of carbonyl (C=O) groups excluding carboxylic acids is 3. The van der Waals surface area contributed by atoms with Gasteiger partial charge in [-0.05, 0) is 67.8 Å². The van der Waals surface area contributed by atoms with Crippen molar-refractivity contribution in [3.63, 3.8) is 0 Å². The number of hydrogen-bond acceptors (Lipinski definition) is 4. The van der Waals surface area contributed by atoms with Crippen LogP contribution in [0.1, 0.15) is 72.1 Å². The third kappa shape index (κ3) is 6.42. The van der Waals surface area contributed by atoms with Gasteiger partial charge in [-0.3, -0.25) is 14.4 Å². The summed E-state index contributed by atoms with van der Waals surface area (Å²) >= 11 is 0. The van der Waals surface area contributed by atoms with E-state index in [1.54, 1.807) is 55.6 Å². The molecule has 1 N–H and O–H groups in total. The van der Waals surface area contributed by atoms with Crippen LogP contribution in [0.4, 0.5) is 5.69 Å². The zero-order valence-corrected chi connectivity index (χ0v) is 18.9. The van der Waals surface area contributed by atoms with E-state index in [-0.39, 0.29) is 24.0 Å². The zero-order chi connectivity index (χ0) is 22.9. The predicted molar refractivity (Wildman–Crippen MR) is 125 cm³/mol. The van der Waals surface area contributed by atoms with Crippen molar-refractivity contribution < 1.29 is 19.1 Å². The maximum atomic E-state index is 12.7. The molecule has 2 aromatic rings. The number of amides is 2. The number of ether oxygens (including phenoxy) is 1. The summed E-state index contributed by atoms with van der Waals surface area (Å²) in [6.45, 7) is 0. The Labute approximate surface area is 189 Å². The van der Waals surface area contributed by atoms with Gasteiger partial charge < -0.3 is 15.0 Å². The summed E-state index contributed by atoms with van der Waals surface area (Å²) in [7, 11) is 3.46. The molecule has 1 aliphatic carbocycles. The van der Waals surface area contributed by atoms with E-state index in [0.29, 0.717) is 41.4 Å². The van der Waals surface area contributed by atoms with Crippen molar-refractivity contribution in [2.75, 3.05) is 19.5 Å². The highest BCUT2D eigenvalue weighted by atomic mass is 16.5. The number of rotatable bonds is 9. The Balaban J connectivity index is 1.43. The first kappa shape index (κ1) is 23.5. The van der Waals surface area contributed by atoms with E-state index in [9.17, 15) is 14.4 Å². The van der Waals surface area contributed by atoms with Gasteiger partial charge in [0, 0.05) is 42.7 Å². The largest absolute Gasteiger partial charge is 0.497 e. The van der Waals surface area contributed by atoms with Gasteiger partial charge >= 0.3 is 0 Å². The molecule has 0 aliphatic heterocycles. The molecule has 3 rings (SSSR count). The molecule has 6 heteroatoms. The van der Waals surface area contributed by atoms with Gasteiger partial charge in [0.1, 0.15) is 5.75 Å². The van der Waals surface area contributed by atoms with Crippen molar-refractivity contribution in [3.05, 3.63) is 59.7 Å². The molecule has 6 nitrogen and oxygen atoms in total. The molecule has 0 heterocycles. The van der Waals surface area contributed by atoms with Gasteiger partial charge in [-0.2, -0.15) is 0 Å². The molecule has 170 valence electrons. The zero-order valence-electron chi connectivity index (χ0n) is 18.9. The number of hydrogen-bond donors (Lipinski definition) is 1. The van der Waals surface area contributed by atoms with Crippen LogP contribution < -0.4 is 10.1 Å². The summed E-state index contributed by atoms with van der Waals surface area (Å²) in [5.74, 6) is 0.581. The van der Waals surface area contributed by atoms with Crippen molar-refractivity contribution in [1.82, 2.24) is 4.90 Å². The van der Waals surface area contributed by atoms with Crippen molar-refractivity contribution in [3.8, 4) is 5.75 Å². The van der Waals surface area contributed by atoms with Crippen LogP contribution >= 0.6 is 0 Å². The lowest BCUT2D eigenvalue weighted by atomic mass is 9.94. The van der Waals surface area contributed by atoms with Crippen LogP contribution in [0.15, 0.2) is 48.5 Å². The molecule has 0 spiro atoms. The maximum Gasteiger partial charge on any atom is 0.253 e. The number of nitrogens with zero attached hydrogens (tertiary/aromatic N) is 1. The van der Waals surface area contributed by atoms with Gasteiger partial charge in [0.2, 0.25) is 5.91 Å². The Kier molecular flexibility index (Phi) is 8.42. The van der Waals surface area contributed by atoms with E-state index in [1.165, 1.54) is 19.3 Å². The Morgan fingerprint density at radius 3 is 2.16 bits per heavy atom. The topological polar surface area (TPSA) is 75.7 Å². The summed E-state index contributed by atoms with van der Waals surface area (Å²) < 4.78 is 5.09. The predicted octanol–water partition coefficient (Wildman–Crippen LogP) is 5.09. The summed E-state index contributed by atoms with van der Waals surface area (Å²) in [5, 5.41) is 2.84. The van der Waals surface area contributed by atoms with E-state index in [1.807, 2.05) is 11.9 Å². The molecular weight excluding hydrogens is 404 g/mol. The first-order chi connectivity index (χ1) is 15.5. The fourth-order valence-corrected chi connectivity index (χ4v) is 4.09. The smallest absolute Gasteiger partial charge is 0.253 e. The van der Waals surface area contributed by atoms with Crippen LogP contribution in [-0.4, -0.2) is 42.7 Å². The summed E-state index contributed by atoms with van der Waals surface area (Å²) in [6, 6.07) is 14.3. The highest BCUT2D eigenvalue weighted by Gasteiger charge is 2.22. The van der Waals surface area contributed by atoms with Crippen LogP contribution in [0.25, 0.3) is 0 Å². The van der Waals surface area contributed by atoms with Crippen molar-refractivity contribution in [1.29, 1.82) is 0 Å². The normalized spacial score (nSPS) is 13.9. The molecule has 0 radical (unpaired) electrons. The molecule has 0 saturated heterocycles. The van der Waals surface area contributed by atoms with E-state index in [0.717, 1.165) is 12.8 Å². The lowest BCUT2D eigenvalue weighted by Gasteiger charge is -2.31. The second-order valence-corrected chi connectivity index (χ2v) is 8.34. The number of benzene rings is 2. The summed E-state index contributed by atoms with van der Waals surface area (Å²) in [5.41, 5.74) is 1.89. The van der Waals surface area contributed by atoms with Crippen LogP contribution in [0, 0.1) is 0 Å². The van der Waals surface area contributed by atoms with Gasteiger partial charge in [0.05, 0.1) is 7.11 Å². The highest BCUT2D eigenvalue weighted by molar-refractivity contribution is 5.97. The van der Waals surface area contributed by atoms with E-state index in [2.05, 4.69) is 5.32 Å². The van der Waals surface area contributed by atoms with Crippen LogP contribution in [0.2, 0.25) is 0 Å². The molecule has 32 heavy (non-hydrogen) atoms. The lowest BCUT2D eigenvalue weighted by molar-refractivity contribution is -0.116. The van der Waals surface area contributed by atoms with Gasteiger partial charge in [-0.15, -0.1) is 0 Å². The average molecular weight is 437 g/mol. The fourth-order valence-electron chi connectivity index (χ4n) is 4.09. The fraction of sp³-hybridized carbons (Fsp3) is 0.423. The number of methoxy groups -OCH3 is 1. The van der Waals surface area contributed by atoms with E-state index in [4.69, 9.17) is 4.74 Å². The number of Topliss-reactive ketones (excluding diaryl/α,β-unsaturated/α-hetero) is 1. The number of ketones is 1. The molecule has 0 atom stereocenters. The molecule has 1 aliphatic rings. The van der Waals surface area contributed by atoms with E-state index >= 15 is 0 Å². The minimum absolute atomic E-state index is 0.00500. The lowest BCUT2D eigenvalue weighted by Crippen LogP contribution is -2.38. The number of nitrogens with one attached hydrogen (secondary N) is 1. The average Bonchev–Trinajstić information content (AvgIpc) is 2.84. The molecule has 1 fully saturated rings. The van der Waals surface area contributed by atoms with Gasteiger partial charge in [0.15, 0.2) is 5.78 Å². The number of carbonyl (C=O) groups is 3. The standard InChI is InChI=1S/C26H32N2O4/c1-28(22-7-4-3-5-8-22)26(31)20-11-15-21(16-12-20)27-25(30)10-6-9-24(29)19-13-17-23(32-2)18-14-19/h11-18,22H,3-10H2,1-2H3,(H,27,30). The van der Waals surface area contributed by atoms with Crippen LogP contribution in [0.3, 0.4) is 0 Å². The Morgan fingerprint density at radius 1 is 0.906 bits per heavy atom. The minimum Gasteiger partial charge on any atom is -0.497 e. The molecule has 1 saturated carbocycles. The van der Waals surface area contributed by atoms with E-state index < -0.39 is 0 Å². The highest BCUT2D eigenvalue weighted by Crippen LogP contribution is 2.23. The SMILES string of the molecule is COc1ccc(C(=O)CCCC(=O)Nc2ccc(C(=O)N(C)C3CCCCC3)cc2)cc1. The maximum absolute atomic E-state index is 12.7. The van der Waals surface area contributed by atoms with Gasteiger partial charge in [-0.25, -0.2) is 0 Å². The van der Waals surface area contributed by atoms with Gasteiger partial charge in [0.25, 0.3) is 5.91 Å². The molecule has 0 bridgehead atoms. The quantitative estimate of drug-likeness (QED) is 0.556. The van der Waals surface area contributed by atoms with Crippen molar-refractivity contribution in [2.45, 2.75) is 57.4 Å². The third-order valence-corrected chi connectivity index (χ3v) is 6.08. The molecule has 0 aromatic heterocycles. The first-order valence-electron chi connectivity index (χ1n) is 11.3. The molecular formula is C26H32N2O4. The minimum atomic E-state index is -0.147. The second-order valence-electron chi connectivity index (χ2n) is 8.34. The van der Waals surface area contributed by atoms with Crippen LogP contribution in [0.5, 0.6) is 5.75 Å². The Hall–Kier alpha value is -3.15. The van der Waals surface area contributed by atoms with Crippen molar-refractivity contribution in [2.24, 2.45) is 0 Å². The monoisotopic (exact) mass is 436 g/mol. The summed E-state index contributed by atoms with van der Waals surface area (Å²) in [6.07, 6.45) is 6.78. The van der Waals surface area contributed by atoms with Crippen LogP contribution in [-0.2, 0) is 4.79 Å². The molecule has 2 amide bonds. The molecule has 2 aromatic carbocycles. The first-order valence-corrected chi connectivity index (χ1v) is 11.3. The Morgan fingerprint density at radius 2 is 1.53 bits per heavy atom.